The molecule has 0 spiro atoms. The first-order valence-corrected chi connectivity index (χ1v) is 7.10. The highest BCUT2D eigenvalue weighted by Gasteiger charge is 2.23. The normalized spacial score (nSPS) is 14.1. The van der Waals surface area contributed by atoms with Crippen molar-refractivity contribution in [3.8, 4) is 17.0 Å². The number of rotatable bonds is 5. The fraction of sp³-hybridized carbons (Fsp3) is 0.375. The van der Waals surface area contributed by atoms with Crippen molar-refractivity contribution in [1.29, 1.82) is 0 Å². The molecule has 1 N–H and O–H groups in total. The molecule has 20 heavy (non-hydrogen) atoms. The molecular formula is C16H19N3O. The Morgan fingerprint density at radius 2 is 1.95 bits per heavy atom. The topological polar surface area (TPSA) is 47.0 Å². The average molecular weight is 269 g/mol. The van der Waals surface area contributed by atoms with Gasteiger partial charge in [0.1, 0.15) is 17.9 Å². The molecule has 1 aromatic carbocycles. The van der Waals surface area contributed by atoms with Gasteiger partial charge in [-0.3, -0.25) is 0 Å². The minimum absolute atomic E-state index is 0.432. The summed E-state index contributed by atoms with van der Waals surface area (Å²) in [5, 5.41) is 3.13. The van der Waals surface area contributed by atoms with Crippen LogP contribution in [-0.4, -0.2) is 23.1 Å². The van der Waals surface area contributed by atoms with Crippen LogP contribution in [0.4, 0.5) is 5.82 Å². The predicted molar refractivity (Wildman–Crippen MR) is 80.0 cm³/mol. The predicted octanol–water partition coefficient (Wildman–Crippen LogP) is 3.29. The molecule has 1 aliphatic rings. The van der Waals surface area contributed by atoms with Crippen LogP contribution in [0.5, 0.6) is 5.75 Å². The average Bonchev–Trinajstić information content (AvgIpc) is 3.31. The SMILES string of the molecule is CCc1c(NC)ncnc1-c1ccc(OC2CC2)cc1. The number of hydrogen-bond donors (Lipinski definition) is 1. The summed E-state index contributed by atoms with van der Waals surface area (Å²) in [6.07, 6.45) is 5.29. The van der Waals surface area contributed by atoms with Crippen LogP contribution in [0, 0.1) is 0 Å². The van der Waals surface area contributed by atoms with E-state index in [1.165, 1.54) is 12.8 Å². The monoisotopic (exact) mass is 269 g/mol. The van der Waals surface area contributed by atoms with E-state index in [9.17, 15) is 0 Å². The number of aromatic nitrogens is 2. The Labute approximate surface area is 119 Å². The van der Waals surface area contributed by atoms with Crippen LogP contribution in [0.25, 0.3) is 11.3 Å². The molecule has 4 nitrogen and oxygen atoms in total. The van der Waals surface area contributed by atoms with E-state index >= 15 is 0 Å². The van der Waals surface area contributed by atoms with Gasteiger partial charge in [0.25, 0.3) is 0 Å². The summed E-state index contributed by atoms with van der Waals surface area (Å²) in [4.78, 5) is 8.71. The van der Waals surface area contributed by atoms with Crippen molar-refractivity contribution in [1.82, 2.24) is 9.97 Å². The fourth-order valence-electron chi connectivity index (χ4n) is 2.28. The minimum Gasteiger partial charge on any atom is -0.490 e. The Balaban J connectivity index is 1.91. The number of ether oxygens (including phenoxy) is 1. The van der Waals surface area contributed by atoms with Gasteiger partial charge < -0.3 is 10.1 Å². The van der Waals surface area contributed by atoms with Crippen LogP contribution in [0.3, 0.4) is 0 Å². The third kappa shape index (κ3) is 2.59. The second kappa shape index (κ2) is 5.49. The van der Waals surface area contributed by atoms with E-state index in [1.807, 2.05) is 19.2 Å². The van der Waals surface area contributed by atoms with Crippen molar-refractivity contribution in [3.05, 3.63) is 36.2 Å². The molecule has 0 saturated heterocycles. The number of nitrogens with zero attached hydrogens (tertiary/aromatic N) is 2. The Morgan fingerprint density at radius 3 is 2.55 bits per heavy atom. The van der Waals surface area contributed by atoms with Gasteiger partial charge in [-0.25, -0.2) is 9.97 Å². The van der Waals surface area contributed by atoms with Crippen LogP contribution >= 0.6 is 0 Å². The second-order valence-corrected chi connectivity index (χ2v) is 4.99. The molecule has 0 unspecified atom stereocenters. The molecule has 1 heterocycles. The molecule has 3 rings (SSSR count). The van der Waals surface area contributed by atoms with E-state index in [-0.39, 0.29) is 0 Å². The van der Waals surface area contributed by atoms with Gasteiger partial charge in [0, 0.05) is 18.2 Å². The zero-order valence-electron chi connectivity index (χ0n) is 11.9. The number of benzene rings is 1. The quantitative estimate of drug-likeness (QED) is 0.904. The Morgan fingerprint density at radius 1 is 1.20 bits per heavy atom. The van der Waals surface area contributed by atoms with Crippen molar-refractivity contribution < 1.29 is 4.74 Å². The van der Waals surface area contributed by atoms with E-state index in [1.54, 1.807) is 6.33 Å². The van der Waals surface area contributed by atoms with Gasteiger partial charge in [0.15, 0.2) is 0 Å². The van der Waals surface area contributed by atoms with Gasteiger partial charge in [-0.1, -0.05) is 6.92 Å². The fourth-order valence-corrected chi connectivity index (χ4v) is 2.28. The third-order valence-electron chi connectivity index (χ3n) is 3.49. The molecule has 0 amide bonds. The second-order valence-electron chi connectivity index (χ2n) is 4.99. The van der Waals surface area contributed by atoms with Crippen molar-refractivity contribution in [2.75, 3.05) is 12.4 Å². The third-order valence-corrected chi connectivity index (χ3v) is 3.49. The molecule has 1 fully saturated rings. The van der Waals surface area contributed by atoms with Crippen molar-refractivity contribution in [2.24, 2.45) is 0 Å². The lowest BCUT2D eigenvalue weighted by atomic mass is 10.0. The summed E-state index contributed by atoms with van der Waals surface area (Å²) < 4.78 is 5.77. The summed E-state index contributed by atoms with van der Waals surface area (Å²) in [5.74, 6) is 1.84. The standard InChI is InChI=1S/C16H19N3O/c1-3-14-15(18-10-19-16(14)17-2)11-4-6-12(7-5-11)20-13-8-9-13/h4-7,10,13H,3,8-9H2,1-2H3,(H,17,18,19). The zero-order valence-corrected chi connectivity index (χ0v) is 11.9. The van der Waals surface area contributed by atoms with Crippen LogP contribution in [0.1, 0.15) is 25.3 Å². The first-order chi connectivity index (χ1) is 9.81. The Kier molecular flexibility index (Phi) is 3.54. The molecule has 1 saturated carbocycles. The summed E-state index contributed by atoms with van der Waals surface area (Å²) >= 11 is 0. The molecular weight excluding hydrogens is 250 g/mol. The van der Waals surface area contributed by atoms with Gasteiger partial charge in [-0.15, -0.1) is 0 Å². The molecule has 1 aliphatic carbocycles. The number of nitrogens with one attached hydrogen (secondary N) is 1. The lowest BCUT2D eigenvalue weighted by molar-refractivity contribution is 0.303. The van der Waals surface area contributed by atoms with Gasteiger partial charge in [-0.2, -0.15) is 0 Å². The molecule has 0 bridgehead atoms. The molecule has 0 radical (unpaired) electrons. The highest BCUT2D eigenvalue weighted by molar-refractivity contribution is 5.68. The molecule has 1 aromatic heterocycles. The zero-order chi connectivity index (χ0) is 13.9. The molecule has 0 atom stereocenters. The molecule has 2 aromatic rings. The van der Waals surface area contributed by atoms with E-state index in [0.29, 0.717) is 6.10 Å². The van der Waals surface area contributed by atoms with E-state index in [4.69, 9.17) is 4.74 Å². The van der Waals surface area contributed by atoms with Gasteiger partial charge in [-0.05, 0) is 43.5 Å². The summed E-state index contributed by atoms with van der Waals surface area (Å²) in [5.41, 5.74) is 3.24. The summed E-state index contributed by atoms with van der Waals surface area (Å²) in [6.45, 7) is 2.12. The first kappa shape index (κ1) is 12.9. The molecule has 104 valence electrons. The first-order valence-electron chi connectivity index (χ1n) is 7.10. The van der Waals surface area contributed by atoms with Crippen LogP contribution in [0.15, 0.2) is 30.6 Å². The van der Waals surface area contributed by atoms with Gasteiger partial charge >= 0.3 is 0 Å². The van der Waals surface area contributed by atoms with E-state index < -0.39 is 0 Å². The van der Waals surface area contributed by atoms with Crippen LogP contribution in [0.2, 0.25) is 0 Å². The largest absolute Gasteiger partial charge is 0.490 e. The maximum Gasteiger partial charge on any atom is 0.132 e. The van der Waals surface area contributed by atoms with Gasteiger partial charge in [0.05, 0.1) is 11.8 Å². The van der Waals surface area contributed by atoms with Crippen LogP contribution < -0.4 is 10.1 Å². The van der Waals surface area contributed by atoms with Crippen molar-refractivity contribution in [2.45, 2.75) is 32.3 Å². The van der Waals surface area contributed by atoms with E-state index in [2.05, 4.69) is 34.3 Å². The van der Waals surface area contributed by atoms with Crippen molar-refractivity contribution >= 4 is 5.82 Å². The Bertz CT molecular complexity index is 591. The van der Waals surface area contributed by atoms with E-state index in [0.717, 1.165) is 34.8 Å². The molecule has 4 heteroatoms. The highest BCUT2D eigenvalue weighted by atomic mass is 16.5. The maximum atomic E-state index is 5.77. The number of anilines is 1. The summed E-state index contributed by atoms with van der Waals surface area (Å²) in [7, 11) is 1.89. The summed E-state index contributed by atoms with van der Waals surface area (Å²) in [6, 6.07) is 8.18. The highest BCUT2D eigenvalue weighted by Crippen LogP contribution is 2.30. The van der Waals surface area contributed by atoms with Crippen molar-refractivity contribution in [3.63, 3.8) is 0 Å². The lowest BCUT2D eigenvalue weighted by Crippen LogP contribution is -2.02. The Hall–Kier alpha value is -2.10. The van der Waals surface area contributed by atoms with Gasteiger partial charge in [0.2, 0.25) is 0 Å². The number of hydrogen-bond acceptors (Lipinski definition) is 4. The minimum atomic E-state index is 0.432. The lowest BCUT2D eigenvalue weighted by Gasteiger charge is -2.11. The maximum absolute atomic E-state index is 5.77. The van der Waals surface area contributed by atoms with Crippen LogP contribution in [-0.2, 0) is 6.42 Å². The molecule has 0 aliphatic heterocycles. The smallest absolute Gasteiger partial charge is 0.132 e.